The number of aromatic nitrogens is 4. The number of aliphatic hydroxyl groups is 1. The zero-order valence-electron chi connectivity index (χ0n) is 17.0. The lowest BCUT2D eigenvalue weighted by Crippen LogP contribution is -2.16. The Morgan fingerprint density at radius 1 is 1.06 bits per heavy atom. The van der Waals surface area contributed by atoms with Crippen LogP contribution in [0, 0.1) is 0 Å². The number of thioether (sulfide) groups is 1. The van der Waals surface area contributed by atoms with Crippen LogP contribution in [0.1, 0.15) is 24.4 Å². The maximum Gasteiger partial charge on any atom is 0.214 e. The van der Waals surface area contributed by atoms with Gasteiger partial charge >= 0.3 is 0 Å². The highest BCUT2D eigenvalue weighted by molar-refractivity contribution is 7.99. The van der Waals surface area contributed by atoms with Crippen LogP contribution in [0.15, 0.2) is 76.3 Å². The zero-order valence-corrected chi connectivity index (χ0v) is 18.6. The van der Waals surface area contributed by atoms with Crippen molar-refractivity contribution in [1.82, 2.24) is 25.5 Å². The van der Waals surface area contributed by atoms with Crippen LogP contribution in [0.4, 0.5) is 0 Å². The molecule has 2 aromatic carbocycles. The predicted octanol–water partition coefficient (Wildman–Crippen LogP) is 4.28. The number of furan rings is 1. The van der Waals surface area contributed by atoms with E-state index in [2.05, 4.69) is 20.8 Å². The predicted molar refractivity (Wildman–Crippen MR) is 124 cm³/mol. The number of rotatable bonds is 9. The van der Waals surface area contributed by atoms with Crippen molar-refractivity contribution in [2.24, 2.45) is 0 Å². The lowest BCUT2D eigenvalue weighted by molar-refractivity contribution is 0.199. The smallest absolute Gasteiger partial charge is 0.214 e. The Morgan fingerprint density at radius 3 is 2.58 bits per heavy atom. The second-order valence-corrected chi connectivity index (χ2v) is 7.86. The van der Waals surface area contributed by atoms with Gasteiger partial charge in [0.05, 0.1) is 18.3 Å². The molecule has 4 rings (SSSR count). The van der Waals surface area contributed by atoms with E-state index in [9.17, 15) is 5.11 Å². The molecule has 0 aliphatic heterocycles. The number of hydrogen-bond acceptors (Lipinski definition) is 7. The summed E-state index contributed by atoms with van der Waals surface area (Å²) in [5.41, 5.74) is 2.83. The van der Waals surface area contributed by atoms with Crippen LogP contribution in [0.25, 0.3) is 17.0 Å². The third kappa shape index (κ3) is 5.95. The van der Waals surface area contributed by atoms with Crippen molar-refractivity contribution in [2.75, 3.05) is 12.3 Å². The van der Waals surface area contributed by atoms with E-state index >= 15 is 0 Å². The zero-order chi connectivity index (χ0) is 20.8. The van der Waals surface area contributed by atoms with E-state index in [4.69, 9.17) is 4.42 Å². The standard InChI is InChI=1S/C22H23N5O2S.ClH/c1-16(28)17-7-9-18(10-8-17)21-12-11-20(29-21)15-23-13-14-30-22-24-25-26-27(22)19-5-3-2-4-6-19;/h2-12,16,23,28H,13-15H2,1H3;1H. The molecule has 1 unspecified atom stereocenters. The first-order chi connectivity index (χ1) is 14.7. The molecule has 7 nitrogen and oxygen atoms in total. The van der Waals surface area contributed by atoms with Crippen molar-refractivity contribution in [1.29, 1.82) is 0 Å². The van der Waals surface area contributed by atoms with Gasteiger partial charge in [-0.1, -0.05) is 54.2 Å². The molecule has 2 heterocycles. The van der Waals surface area contributed by atoms with Crippen LogP contribution >= 0.6 is 24.2 Å². The van der Waals surface area contributed by atoms with Gasteiger partial charge in [0.2, 0.25) is 5.16 Å². The molecular formula is C22H24ClN5O2S. The summed E-state index contributed by atoms with van der Waals surface area (Å²) < 4.78 is 7.67. The molecule has 162 valence electrons. The van der Waals surface area contributed by atoms with Crippen LogP contribution in [0.3, 0.4) is 0 Å². The summed E-state index contributed by atoms with van der Waals surface area (Å²) in [6.45, 7) is 3.20. The molecule has 2 N–H and O–H groups in total. The van der Waals surface area contributed by atoms with Gasteiger partial charge < -0.3 is 14.8 Å². The number of para-hydroxylation sites is 1. The van der Waals surface area contributed by atoms with Crippen LogP contribution in [-0.2, 0) is 6.54 Å². The summed E-state index contributed by atoms with van der Waals surface area (Å²) in [5.74, 6) is 2.53. The Balaban J connectivity index is 0.00000272. The number of aliphatic hydroxyl groups excluding tert-OH is 1. The Morgan fingerprint density at radius 2 is 1.84 bits per heavy atom. The quantitative estimate of drug-likeness (QED) is 0.286. The van der Waals surface area contributed by atoms with E-state index in [0.717, 1.165) is 45.8 Å². The minimum Gasteiger partial charge on any atom is -0.460 e. The number of tetrazole rings is 1. The summed E-state index contributed by atoms with van der Waals surface area (Å²) in [7, 11) is 0. The number of nitrogens with one attached hydrogen (secondary N) is 1. The monoisotopic (exact) mass is 457 g/mol. The first-order valence-electron chi connectivity index (χ1n) is 9.75. The van der Waals surface area contributed by atoms with Crippen molar-refractivity contribution in [3.63, 3.8) is 0 Å². The molecule has 0 fully saturated rings. The Bertz CT molecular complexity index is 1070. The maximum absolute atomic E-state index is 9.62. The first kappa shape index (κ1) is 23.0. The van der Waals surface area contributed by atoms with Crippen molar-refractivity contribution < 1.29 is 9.52 Å². The van der Waals surface area contributed by atoms with Crippen LogP contribution in [0.5, 0.6) is 0 Å². The van der Waals surface area contributed by atoms with Crippen molar-refractivity contribution in [3.05, 3.63) is 78.1 Å². The van der Waals surface area contributed by atoms with Crippen molar-refractivity contribution >= 4 is 24.2 Å². The molecule has 0 saturated carbocycles. The van der Waals surface area contributed by atoms with Crippen LogP contribution < -0.4 is 5.32 Å². The number of halogens is 1. The molecule has 0 spiro atoms. The fourth-order valence-corrected chi connectivity index (χ4v) is 3.77. The minimum absolute atomic E-state index is 0. The summed E-state index contributed by atoms with van der Waals surface area (Å²) in [6, 6.07) is 21.6. The number of nitrogens with zero attached hydrogens (tertiary/aromatic N) is 4. The van der Waals surface area contributed by atoms with E-state index in [1.54, 1.807) is 23.4 Å². The molecule has 31 heavy (non-hydrogen) atoms. The fourth-order valence-electron chi connectivity index (χ4n) is 2.98. The summed E-state index contributed by atoms with van der Waals surface area (Å²) in [5, 5.41) is 25.7. The summed E-state index contributed by atoms with van der Waals surface area (Å²) >= 11 is 1.60. The topological polar surface area (TPSA) is 89.0 Å². The molecule has 1 atom stereocenters. The SMILES string of the molecule is CC(O)c1ccc(-c2ccc(CNCCSc3nnnn3-c3ccccc3)o2)cc1.Cl. The van der Waals surface area contributed by atoms with Gasteiger partial charge in [0, 0.05) is 17.9 Å². The third-order valence-corrected chi connectivity index (χ3v) is 5.51. The highest BCUT2D eigenvalue weighted by Gasteiger charge is 2.09. The highest BCUT2D eigenvalue weighted by Crippen LogP contribution is 2.24. The van der Waals surface area contributed by atoms with Gasteiger partial charge in [-0.15, -0.1) is 17.5 Å². The Hall–Kier alpha value is -2.65. The van der Waals surface area contributed by atoms with Crippen molar-refractivity contribution in [2.45, 2.75) is 24.7 Å². The van der Waals surface area contributed by atoms with Gasteiger partial charge in [-0.3, -0.25) is 0 Å². The van der Waals surface area contributed by atoms with Gasteiger partial charge in [-0.25, -0.2) is 0 Å². The molecule has 0 radical (unpaired) electrons. The van der Waals surface area contributed by atoms with E-state index in [1.807, 2.05) is 66.7 Å². The molecular weight excluding hydrogens is 434 g/mol. The van der Waals surface area contributed by atoms with Crippen LogP contribution in [-0.4, -0.2) is 37.6 Å². The Kier molecular flexibility index (Phi) is 8.25. The molecule has 2 aromatic heterocycles. The second-order valence-electron chi connectivity index (χ2n) is 6.80. The average Bonchev–Trinajstić information content (AvgIpc) is 3.44. The van der Waals surface area contributed by atoms with Crippen molar-refractivity contribution in [3.8, 4) is 17.0 Å². The molecule has 4 aromatic rings. The average molecular weight is 458 g/mol. The molecule has 0 saturated heterocycles. The first-order valence-corrected chi connectivity index (χ1v) is 10.7. The molecule has 0 bridgehead atoms. The fraction of sp³-hybridized carbons (Fsp3) is 0.227. The molecule has 0 aliphatic rings. The lowest BCUT2D eigenvalue weighted by atomic mass is 10.1. The lowest BCUT2D eigenvalue weighted by Gasteiger charge is -2.05. The van der Waals surface area contributed by atoms with Crippen LogP contribution in [0.2, 0.25) is 0 Å². The molecule has 9 heteroatoms. The Labute approximate surface area is 191 Å². The minimum atomic E-state index is -0.467. The maximum atomic E-state index is 9.62. The van der Waals surface area contributed by atoms with Gasteiger partial charge in [0.25, 0.3) is 0 Å². The van der Waals surface area contributed by atoms with E-state index in [-0.39, 0.29) is 12.4 Å². The summed E-state index contributed by atoms with van der Waals surface area (Å²) in [4.78, 5) is 0. The van der Waals surface area contributed by atoms with Gasteiger partial charge in [0.15, 0.2) is 0 Å². The van der Waals surface area contributed by atoms with Gasteiger partial charge in [-0.2, -0.15) is 4.68 Å². The van der Waals surface area contributed by atoms with E-state index in [1.165, 1.54) is 0 Å². The van der Waals surface area contributed by atoms with Gasteiger partial charge in [0.1, 0.15) is 11.5 Å². The second kappa shape index (κ2) is 11.1. The number of benzene rings is 2. The summed E-state index contributed by atoms with van der Waals surface area (Å²) in [6.07, 6.45) is -0.467. The van der Waals surface area contributed by atoms with Gasteiger partial charge in [-0.05, 0) is 47.2 Å². The van der Waals surface area contributed by atoms with E-state index < -0.39 is 6.10 Å². The molecule has 0 amide bonds. The normalized spacial score (nSPS) is 11.8. The highest BCUT2D eigenvalue weighted by atomic mass is 35.5. The largest absolute Gasteiger partial charge is 0.460 e. The third-order valence-electron chi connectivity index (χ3n) is 4.59. The number of hydrogen-bond donors (Lipinski definition) is 2. The van der Waals surface area contributed by atoms with E-state index in [0.29, 0.717) is 6.54 Å². The molecule has 0 aliphatic carbocycles.